The van der Waals surface area contributed by atoms with Crippen molar-refractivity contribution < 1.29 is 14.3 Å². The Hall–Kier alpha value is -3.10. The lowest BCUT2D eigenvalue weighted by atomic mass is 10.2. The summed E-state index contributed by atoms with van der Waals surface area (Å²) in [4.78, 5) is 20.7. The molecular weight excluding hydrogens is 351 g/mol. The van der Waals surface area contributed by atoms with Gasteiger partial charge >= 0.3 is 0 Å². The largest absolute Gasteiger partial charge is 0.505 e. The molecule has 0 radical (unpaired) electrons. The Labute approximate surface area is 156 Å². The lowest BCUT2D eigenvalue weighted by Crippen LogP contribution is -2.55. The van der Waals surface area contributed by atoms with Gasteiger partial charge in [0.05, 0.1) is 18.4 Å². The quantitative estimate of drug-likeness (QED) is 0.618. The number of carbonyl (C=O) groups excluding carboxylic acids is 1. The topological polar surface area (TPSA) is 86.0 Å². The maximum Gasteiger partial charge on any atom is 0.246 e. The van der Waals surface area contributed by atoms with Crippen LogP contribution in [0.2, 0.25) is 0 Å². The highest BCUT2D eigenvalue weighted by Gasteiger charge is 2.27. The summed E-state index contributed by atoms with van der Waals surface area (Å²) in [6, 6.07) is 4.19. The summed E-state index contributed by atoms with van der Waals surface area (Å²) in [6.07, 6.45) is 3.48. The van der Waals surface area contributed by atoms with Crippen LogP contribution < -0.4 is 10.2 Å². The molecule has 2 N–H and O–H groups in total. The first-order chi connectivity index (χ1) is 13.0. The van der Waals surface area contributed by atoms with Gasteiger partial charge in [0.15, 0.2) is 17.5 Å². The van der Waals surface area contributed by atoms with Gasteiger partial charge in [-0.1, -0.05) is 6.07 Å². The van der Waals surface area contributed by atoms with E-state index in [1.165, 1.54) is 12.1 Å². The Morgan fingerprint density at radius 1 is 1.41 bits per heavy atom. The molecule has 0 atom stereocenters. The minimum Gasteiger partial charge on any atom is -0.505 e. The number of nitrogens with zero attached hydrogens (tertiary/aromatic N) is 5. The molecule has 144 valence electrons. The van der Waals surface area contributed by atoms with E-state index in [1.54, 1.807) is 21.8 Å². The number of phenols is 1. The lowest BCUT2D eigenvalue weighted by molar-refractivity contribution is -0.120. The van der Waals surface area contributed by atoms with Gasteiger partial charge < -0.3 is 20.2 Å². The first kappa shape index (κ1) is 18.7. The van der Waals surface area contributed by atoms with E-state index in [4.69, 9.17) is 0 Å². The molecule has 8 nitrogen and oxygen atoms in total. The Morgan fingerprint density at radius 3 is 2.85 bits per heavy atom. The highest BCUT2D eigenvalue weighted by molar-refractivity contribution is 5.98. The van der Waals surface area contributed by atoms with Crippen molar-refractivity contribution in [2.24, 2.45) is 12.0 Å². The highest BCUT2D eigenvalue weighted by atomic mass is 19.1. The van der Waals surface area contributed by atoms with E-state index in [0.717, 1.165) is 5.69 Å². The number of rotatable bonds is 4. The van der Waals surface area contributed by atoms with Crippen molar-refractivity contribution in [2.75, 3.05) is 31.1 Å². The second-order valence-corrected chi connectivity index (χ2v) is 6.30. The minimum absolute atomic E-state index is 0.0319. The van der Waals surface area contributed by atoms with Crippen LogP contribution in [0.4, 0.5) is 10.1 Å². The molecule has 0 saturated carbocycles. The number of aromatic nitrogens is 2. The summed E-state index contributed by atoms with van der Waals surface area (Å²) in [5, 5.41) is 16.6. The van der Waals surface area contributed by atoms with E-state index in [0.29, 0.717) is 31.2 Å². The van der Waals surface area contributed by atoms with Crippen molar-refractivity contribution in [3.63, 3.8) is 0 Å². The van der Waals surface area contributed by atoms with Crippen LogP contribution in [0.5, 0.6) is 5.75 Å². The average Bonchev–Trinajstić information content (AvgIpc) is 3.07. The molecule has 1 aliphatic rings. The normalized spacial score (nSPS) is 15.4. The number of halogens is 1. The first-order valence-electron chi connectivity index (χ1n) is 8.77. The number of aliphatic imine (C=N–C) groups is 1. The predicted octanol–water partition coefficient (Wildman–Crippen LogP) is 1.08. The van der Waals surface area contributed by atoms with E-state index in [1.807, 2.05) is 25.1 Å². The molecule has 0 unspecified atom stereocenters. The van der Waals surface area contributed by atoms with Gasteiger partial charge in [0.2, 0.25) is 5.91 Å². The van der Waals surface area contributed by atoms with Crippen LogP contribution in [-0.4, -0.2) is 57.8 Å². The van der Waals surface area contributed by atoms with Gasteiger partial charge in [-0.3, -0.25) is 9.48 Å². The van der Waals surface area contributed by atoms with E-state index < -0.39 is 5.82 Å². The second-order valence-electron chi connectivity index (χ2n) is 6.30. The number of phenolic OH excluding ortho intramolecular Hbond substituents is 1. The number of benzene rings is 1. The Kier molecular flexibility index (Phi) is 5.58. The number of hydrogen-bond acceptors (Lipinski definition) is 4. The van der Waals surface area contributed by atoms with Crippen molar-refractivity contribution >= 4 is 17.6 Å². The van der Waals surface area contributed by atoms with Crippen LogP contribution >= 0.6 is 0 Å². The van der Waals surface area contributed by atoms with Gasteiger partial charge in [-0.25, -0.2) is 9.38 Å². The smallest absolute Gasteiger partial charge is 0.246 e. The van der Waals surface area contributed by atoms with Crippen LogP contribution in [0.3, 0.4) is 0 Å². The number of guanidine groups is 1. The number of piperazine rings is 1. The molecule has 1 fully saturated rings. The molecule has 27 heavy (non-hydrogen) atoms. The Bertz CT molecular complexity index is 850. The maximum atomic E-state index is 13.5. The van der Waals surface area contributed by atoms with Crippen molar-refractivity contribution in [1.29, 1.82) is 0 Å². The van der Waals surface area contributed by atoms with Gasteiger partial charge in [-0.2, -0.15) is 5.10 Å². The molecule has 1 aromatic carbocycles. The molecular formula is C18H23FN6O2. The van der Waals surface area contributed by atoms with Crippen molar-refractivity contribution in [3.05, 3.63) is 42.0 Å². The zero-order chi connectivity index (χ0) is 19.4. The number of hydrogen-bond donors (Lipinski definition) is 2. The fraction of sp³-hybridized carbons (Fsp3) is 0.389. The van der Waals surface area contributed by atoms with E-state index in [-0.39, 0.29) is 24.7 Å². The molecule has 1 aliphatic heterocycles. The SMILES string of the molecule is CCNC(=NCc1ccc(O)c(F)c1)N1CCN(c2cnn(C)c2)C(=O)C1. The fourth-order valence-corrected chi connectivity index (χ4v) is 2.92. The Morgan fingerprint density at radius 2 is 2.22 bits per heavy atom. The van der Waals surface area contributed by atoms with Crippen LogP contribution in [0.25, 0.3) is 0 Å². The third-order valence-corrected chi connectivity index (χ3v) is 4.28. The number of anilines is 1. The van der Waals surface area contributed by atoms with Gasteiger partial charge in [-0.15, -0.1) is 0 Å². The summed E-state index contributed by atoms with van der Waals surface area (Å²) < 4.78 is 15.1. The molecule has 0 spiro atoms. The van der Waals surface area contributed by atoms with Gasteiger partial charge in [0.25, 0.3) is 0 Å². The average molecular weight is 374 g/mol. The maximum absolute atomic E-state index is 13.5. The molecule has 1 saturated heterocycles. The Balaban J connectivity index is 1.69. The molecule has 9 heteroatoms. The molecule has 1 amide bonds. The molecule has 2 aromatic rings. The van der Waals surface area contributed by atoms with Crippen LogP contribution in [-0.2, 0) is 18.4 Å². The molecule has 0 aliphatic carbocycles. The zero-order valence-corrected chi connectivity index (χ0v) is 15.4. The van der Waals surface area contributed by atoms with Crippen molar-refractivity contribution in [3.8, 4) is 5.75 Å². The molecule has 1 aromatic heterocycles. The summed E-state index contributed by atoms with van der Waals surface area (Å²) in [6.45, 7) is 4.20. The molecule has 0 bridgehead atoms. The first-order valence-corrected chi connectivity index (χ1v) is 8.77. The third kappa shape index (κ3) is 4.36. The third-order valence-electron chi connectivity index (χ3n) is 4.28. The summed E-state index contributed by atoms with van der Waals surface area (Å²) >= 11 is 0. The molecule has 2 heterocycles. The van der Waals surface area contributed by atoms with Crippen LogP contribution in [0, 0.1) is 5.82 Å². The highest BCUT2D eigenvalue weighted by Crippen LogP contribution is 2.18. The van der Waals surface area contributed by atoms with Gasteiger partial charge in [0, 0.05) is 32.9 Å². The standard InChI is InChI=1S/C18H23FN6O2/c1-3-20-18(21-9-13-4-5-16(26)15(19)8-13)24-6-7-25(17(27)12-24)14-10-22-23(2)11-14/h4-5,8,10-11,26H,3,6-7,9,12H2,1-2H3,(H,20,21). The molecule has 3 rings (SSSR count). The number of carbonyl (C=O) groups is 1. The van der Waals surface area contributed by atoms with Gasteiger partial charge in [0.1, 0.15) is 6.54 Å². The minimum atomic E-state index is -0.673. The van der Waals surface area contributed by atoms with Crippen LogP contribution in [0.15, 0.2) is 35.6 Å². The second kappa shape index (κ2) is 8.07. The van der Waals surface area contributed by atoms with E-state index >= 15 is 0 Å². The summed E-state index contributed by atoms with van der Waals surface area (Å²) in [7, 11) is 1.81. The summed E-state index contributed by atoms with van der Waals surface area (Å²) in [5.41, 5.74) is 1.42. The lowest BCUT2D eigenvalue weighted by Gasteiger charge is -2.35. The van der Waals surface area contributed by atoms with Crippen molar-refractivity contribution in [2.45, 2.75) is 13.5 Å². The fourth-order valence-electron chi connectivity index (χ4n) is 2.92. The van der Waals surface area contributed by atoms with E-state index in [9.17, 15) is 14.3 Å². The van der Waals surface area contributed by atoms with Gasteiger partial charge in [-0.05, 0) is 24.6 Å². The summed E-state index contributed by atoms with van der Waals surface area (Å²) in [5.74, 6) is -0.486. The predicted molar refractivity (Wildman–Crippen MR) is 100 cm³/mol. The number of aromatic hydroxyl groups is 1. The zero-order valence-electron chi connectivity index (χ0n) is 15.4. The van der Waals surface area contributed by atoms with E-state index in [2.05, 4.69) is 15.4 Å². The number of nitrogens with one attached hydrogen (secondary N) is 1. The number of amides is 1. The monoisotopic (exact) mass is 374 g/mol. The number of aryl methyl sites for hydroxylation is 1. The van der Waals surface area contributed by atoms with Crippen molar-refractivity contribution in [1.82, 2.24) is 20.0 Å². The van der Waals surface area contributed by atoms with Crippen LogP contribution in [0.1, 0.15) is 12.5 Å².